The number of hydrogen-bond donors (Lipinski definition) is 12. The summed E-state index contributed by atoms with van der Waals surface area (Å²) >= 11 is 0. The quantitative estimate of drug-likeness (QED) is 0.133. The maximum Gasteiger partial charge on any atom is 0.182 e. The third-order valence-electron chi connectivity index (χ3n) is 21.2. The summed E-state index contributed by atoms with van der Waals surface area (Å²) in [5, 5.41) is 118. The second-order valence-corrected chi connectivity index (χ2v) is 24.3. The molecule has 22 unspecified atom stereocenters. The van der Waals surface area contributed by atoms with E-state index in [1.807, 2.05) is 25.2 Å². The van der Waals surface area contributed by atoms with Crippen LogP contribution in [0.5, 0.6) is 0 Å². The minimum absolute atomic E-state index is 0.00925. The molecule has 1 saturated heterocycles. The fourth-order valence-electron chi connectivity index (χ4n) is 18.4. The number of carbonyl (C=O) groups excluding carboxylic acids is 1. The standard InChI is InChI=1S/C54H83N3O11/c1-5-8-29-11-13-32-38(17-12-29)68-48-42(32)36(60)10-6-21-54(48,67)50(4,65)39-20-23-53(66)47-44(56-27-28(2)59)46(64)43-33-14-16-34-30(31-15-18-41(55)57-35(31)9-7-24-58)19-22-51(47,40(62)26-49(39,53)3)52(34,43)25-37(61)45(33)63/h15,18-19,22,28-30,32-34,36-43,45,48,56-63,65-67H,5-14,16-17,20-21,23-27,55H2,1-4H3. The van der Waals surface area contributed by atoms with Crippen molar-refractivity contribution >= 4 is 5.78 Å². The molecule has 2 spiro atoms. The average molecular weight is 950 g/mol. The Bertz CT molecular complexity index is 2090. The molecule has 0 amide bonds. The number of ether oxygens (including phenoxy) is 1. The molecule has 68 heavy (non-hydrogen) atoms. The van der Waals surface area contributed by atoms with E-state index in [0.717, 1.165) is 49.8 Å². The van der Waals surface area contributed by atoms with Crippen LogP contribution in [0.4, 0.5) is 0 Å². The summed E-state index contributed by atoms with van der Waals surface area (Å²) in [5.74, 6) is -3.06. The minimum atomic E-state index is -1.90. The van der Waals surface area contributed by atoms with Gasteiger partial charge in [-0.15, -0.1) is 0 Å². The van der Waals surface area contributed by atoms with Crippen LogP contribution >= 0.6 is 0 Å². The van der Waals surface area contributed by atoms with Crippen molar-refractivity contribution in [2.24, 2.45) is 69.3 Å². The van der Waals surface area contributed by atoms with Crippen molar-refractivity contribution in [2.75, 3.05) is 13.2 Å². The fourth-order valence-corrected chi connectivity index (χ4v) is 18.4. The number of nitrogens with two attached hydrogens (primary N) is 1. The molecular formula is C54H83N3O11. The van der Waals surface area contributed by atoms with Gasteiger partial charge in [-0.2, -0.15) is 0 Å². The SMILES string of the molecule is CCCC1CCC2OC3C(C(O)CCCC3(O)C(C)(O)C3CCC4(O)C5=C(NCC(C)O)C(=O)C6C7CCC8C(C9=C(CCCO)NC(N)C=C9)C=CC5(C(O)CC34C)C86CC(O)C7O)C2CC1. The van der Waals surface area contributed by atoms with Gasteiger partial charge in [-0.25, -0.2) is 0 Å². The number of allylic oxidation sites excluding steroid dienone is 5. The lowest BCUT2D eigenvalue weighted by molar-refractivity contribution is -0.273. The monoisotopic (exact) mass is 950 g/mol. The predicted octanol–water partition coefficient (Wildman–Crippen LogP) is 3.12. The van der Waals surface area contributed by atoms with E-state index in [4.69, 9.17) is 10.5 Å². The number of carbonyl (C=O) groups is 1. The van der Waals surface area contributed by atoms with E-state index < -0.39 is 93.6 Å². The molecule has 10 rings (SSSR count). The molecular weight excluding hydrogens is 867 g/mol. The van der Waals surface area contributed by atoms with Gasteiger partial charge in [-0.05, 0) is 145 Å². The van der Waals surface area contributed by atoms with Crippen LogP contribution in [0, 0.1) is 63.6 Å². The van der Waals surface area contributed by atoms with Gasteiger partial charge in [0, 0.05) is 58.4 Å². The first-order chi connectivity index (χ1) is 32.3. The summed E-state index contributed by atoms with van der Waals surface area (Å²) < 4.78 is 6.99. The number of aliphatic hydroxyl groups is 9. The fraction of sp³-hybridized carbons (Fsp3) is 0.833. The van der Waals surface area contributed by atoms with E-state index in [0.29, 0.717) is 50.0 Å². The molecule has 6 saturated carbocycles. The lowest BCUT2D eigenvalue weighted by Crippen LogP contribution is -2.78. The van der Waals surface area contributed by atoms with Gasteiger partial charge in [-0.3, -0.25) is 4.79 Å². The maximum atomic E-state index is 15.9. The minimum Gasteiger partial charge on any atom is -0.396 e. The predicted molar refractivity (Wildman–Crippen MR) is 253 cm³/mol. The van der Waals surface area contributed by atoms with Crippen LogP contribution in [0.1, 0.15) is 137 Å². The Hall–Kier alpha value is -2.21. The highest BCUT2D eigenvalue weighted by atomic mass is 16.5. The molecule has 0 aromatic rings. The summed E-state index contributed by atoms with van der Waals surface area (Å²) in [6.45, 7) is 7.34. The van der Waals surface area contributed by atoms with Crippen LogP contribution in [0.25, 0.3) is 0 Å². The van der Waals surface area contributed by atoms with Crippen molar-refractivity contribution in [1.82, 2.24) is 10.6 Å². The van der Waals surface area contributed by atoms with Gasteiger partial charge in [-0.1, -0.05) is 51.3 Å². The highest BCUT2D eigenvalue weighted by molar-refractivity contribution is 6.01. The number of rotatable bonds is 11. The van der Waals surface area contributed by atoms with E-state index in [1.54, 1.807) is 13.8 Å². The smallest absolute Gasteiger partial charge is 0.182 e. The zero-order chi connectivity index (χ0) is 48.5. The van der Waals surface area contributed by atoms with E-state index >= 15 is 4.79 Å². The zero-order valence-electron chi connectivity index (χ0n) is 40.9. The van der Waals surface area contributed by atoms with Crippen LogP contribution in [-0.4, -0.2) is 131 Å². The number of hydrogen-bond acceptors (Lipinski definition) is 14. The molecule has 380 valence electrons. The Morgan fingerprint density at radius 1 is 0.985 bits per heavy atom. The van der Waals surface area contributed by atoms with Gasteiger partial charge in [0.05, 0.1) is 65.8 Å². The molecule has 13 N–H and O–H groups in total. The lowest BCUT2D eigenvalue weighted by Gasteiger charge is -2.74. The molecule has 2 heterocycles. The van der Waals surface area contributed by atoms with E-state index in [2.05, 4.69) is 23.6 Å². The molecule has 7 fully saturated rings. The molecule has 2 aliphatic heterocycles. The van der Waals surface area contributed by atoms with Gasteiger partial charge in [0.1, 0.15) is 5.60 Å². The third-order valence-corrected chi connectivity index (χ3v) is 21.2. The van der Waals surface area contributed by atoms with Crippen molar-refractivity contribution in [3.8, 4) is 0 Å². The second-order valence-electron chi connectivity index (χ2n) is 24.3. The van der Waals surface area contributed by atoms with Crippen molar-refractivity contribution < 1.29 is 55.5 Å². The second kappa shape index (κ2) is 17.5. The number of dihydropyridines is 1. The molecule has 10 aliphatic rings. The lowest BCUT2D eigenvalue weighted by atomic mass is 9.30. The molecule has 14 heteroatoms. The Labute approximate surface area is 402 Å². The Kier molecular flexibility index (Phi) is 12.7. The Balaban J connectivity index is 1.12. The number of nitrogens with one attached hydrogen (secondary N) is 2. The summed E-state index contributed by atoms with van der Waals surface area (Å²) in [4.78, 5) is 15.9. The average Bonchev–Trinajstić information content (AvgIpc) is 3.67. The first-order valence-corrected chi connectivity index (χ1v) is 26.8. The molecule has 0 radical (unpaired) electrons. The van der Waals surface area contributed by atoms with Crippen molar-refractivity contribution in [3.05, 3.63) is 46.8 Å². The maximum absolute atomic E-state index is 15.9. The number of Topliss-reactive ketones (excluding diaryl/α,β-unsaturated/α-hetero) is 1. The summed E-state index contributed by atoms with van der Waals surface area (Å²) in [6.07, 6.45) is 10.8. The first kappa shape index (κ1) is 49.4. The summed E-state index contributed by atoms with van der Waals surface area (Å²) in [6, 6.07) is 0. The van der Waals surface area contributed by atoms with Gasteiger partial charge < -0.3 is 67.1 Å². The largest absolute Gasteiger partial charge is 0.396 e. The summed E-state index contributed by atoms with van der Waals surface area (Å²) in [7, 11) is 0. The molecule has 0 aromatic carbocycles. The Morgan fingerprint density at radius 3 is 2.47 bits per heavy atom. The number of fused-ring (bicyclic) bond motifs is 5. The number of ketones is 1. The van der Waals surface area contributed by atoms with Crippen LogP contribution in [0.2, 0.25) is 0 Å². The molecule has 8 aliphatic carbocycles. The van der Waals surface area contributed by atoms with Crippen LogP contribution in [0.3, 0.4) is 0 Å². The van der Waals surface area contributed by atoms with Crippen molar-refractivity contribution in [2.45, 2.75) is 203 Å². The van der Waals surface area contributed by atoms with E-state index in [-0.39, 0.29) is 86.5 Å². The van der Waals surface area contributed by atoms with Crippen LogP contribution < -0.4 is 16.4 Å². The van der Waals surface area contributed by atoms with Gasteiger partial charge >= 0.3 is 0 Å². The molecule has 0 aromatic heterocycles. The normalized spacial score (nSPS) is 50.7. The first-order valence-electron chi connectivity index (χ1n) is 26.8. The zero-order valence-corrected chi connectivity index (χ0v) is 40.9. The van der Waals surface area contributed by atoms with Crippen molar-refractivity contribution in [3.63, 3.8) is 0 Å². The van der Waals surface area contributed by atoms with E-state index in [1.165, 1.54) is 0 Å². The molecule has 2 bridgehead atoms. The highest BCUT2D eigenvalue weighted by Crippen LogP contribution is 2.80. The van der Waals surface area contributed by atoms with Gasteiger partial charge in [0.25, 0.3) is 0 Å². The van der Waals surface area contributed by atoms with Crippen LogP contribution in [-0.2, 0) is 9.53 Å². The van der Waals surface area contributed by atoms with Gasteiger partial charge in [0.15, 0.2) is 5.78 Å². The molecule has 14 nitrogen and oxygen atoms in total. The summed E-state index contributed by atoms with van der Waals surface area (Å²) in [5.41, 5.74) is -0.897. The van der Waals surface area contributed by atoms with Crippen molar-refractivity contribution in [1.29, 1.82) is 0 Å². The highest BCUT2D eigenvalue weighted by Gasteiger charge is 2.82. The van der Waals surface area contributed by atoms with Gasteiger partial charge in [0.2, 0.25) is 0 Å². The van der Waals surface area contributed by atoms with E-state index in [9.17, 15) is 46.0 Å². The van der Waals surface area contributed by atoms with Crippen LogP contribution in [0.15, 0.2) is 46.8 Å². The Morgan fingerprint density at radius 2 is 1.74 bits per heavy atom. The topological polar surface area (TPSA) is 258 Å². The third kappa shape index (κ3) is 6.70. The molecule has 22 atom stereocenters. The number of aliphatic hydroxyl groups excluding tert-OH is 6.